The van der Waals surface area contributed by atoms with Gasteiger partial charge in [-0.1, -0.05) is 0 Å². The first-order chi connectivity index (χ1) is 8.63. The zero-order valence-electron chi connectivity index (χ0n) is 10.6. The largest absolute Gasteiger partial charge is 0.339 e. The SMILES string of the molecule is O=C(CC1(CS)CC1)N1CCN2C(=O)CCC2C1. The van der Waals surface area contributed by atoms with Gasteiger partial charge in [0.05, 0.1) is 0 Å². The normalized spacial score (nSPS) is 29.4. The Morgan fingerprint density at radius 1 is 1.39 bits per heavy atom. The van der Waals surface area contributed by atoms with Crippen LogP contribution in [0.1, 0.15) is 32.1 Å². The van der Waals surface area contributed by atoms with Crippen LogP contribution in [0, 0.1) is 5.41 Å². The molecule has 0 bridgehead atoms. The van der Waals surface area contributed by atoms with Crippen molar-refractivity contribution in [3.8, 4) is 0 Å². The number of amides is 2. The lowest BCUT2D eigenvalue weighted by atomic mass is 10.0. The van der Waals surface area contributed by atoms with Gasteiger partial charge in [0.15, 0.2) is 0 Å². The maximum atomic E-state index is 12.3. The van der Waals surface area contributed by atoms with E-state index >= 15 is 0 Å². The predicted octanol–water partition coefficient (Wildman–Crippen LogP) is 0.920. The highest BCUT2D eigenvalue weighted by molar-refractivity contribution is 7.80. The van der Waals surface area contributed by atoms with Crippen molar-refractivity contribution in [1.82, 2.24) is 9.80 Å². The highest BCUT2D eigenvalue weighted by Gasteiger charge is 2.45. The molecule has 0 spiro atoms. The molecule has 1 saturated carbocycles. The van der Waals surface area contributed by atoms with E-state index < -0.39 is 0 Å². The molecule has 18 heavy (non-hydrogen) atoms. The summed E-state index contributed by atoms with van der Waals surface area (Å²) in [7, 11) is 0. The summed E-state index contributed by atoms with van der Waals surface area (Å²) in [6.07, 6.45) is 4.51. The number of piperazine rings is 1. The highest BCUT2D eigenvalue weighted by Crippen LogP contribution is 2.49. The van der Waals surface area contributed by atoms with E-state index in [2.05, 4.69) is 12.6 Å². The van der Waals surface area contributed by atoms with E-state index in [9.17, 15) is 9.59 Å². The Morgan fingerprint density at radius 3 is 2.83 bits per heavy atom. The molecular weight excluding hydrogens is 248 g/mol. The van der Waals surface area contributed by atoms with Crippen LogP contribution >= 0.6 is 12.6 Å². The van der Waals surface area contributed by atoms with Gasteiger partial charge in [-0.05, 0) is 30.4 Å². The second-order valence-corrected chi connectivity index (χ2v) is 6.27. The molecule has 3 rings (SSSR count). The molecule has 3 aliphatic rings. The number of carbonyl (C=O) groups excluding carboxylic acids is 2. The zero-order chi connectivity index (χ0) is 12.8. The Balaban J connectivity index is 1.58. The van der Waals surface area contributed by atoms with Crippen molar-refractivity contribution in [3.05, 3.63) is 0 Å². The molecule has 2 amide bonds. The fraction of sp³-hybridized carbons (Fsp3) is 0.846. The summed E-state index contributed by atoms with van der Waals surface area (Å²) >= 11 is 4.35. The molecular formula is C13H20N2O2S. The average molecular weight is 268 g/mol. The van der Waals surface area contributed by atoms with Gasteiger partial charge >= 0.3 is 0 Å². The molecule has 2 saturated heterocycles. The predicted molar refractivity (Wildman–Crippen MR) is 71.5 cm³/mol. The second kappa shape index (κ2) is 4.44. The number of hydrogen-bond acceptors (Lipinski definition) is 3. The monoisotopic (exact) mass is 268 g/mol. The number of nitrogens with zero attached hydrogens (tertiary/aromatic N) is 2. The van der Waals surface area contributed by atoms with Crippen molar-refractivity contribution in [2.75, 3.05) is 25.4 Å². The summed E-state index contributed by atoms with van der Waals surface area (Å²) in [6, 6.07) is 0.279. The van der Waals surface area contributed by atoms with Crippen molar-refractivity contribution >= 4 is 24.4 Å². The van der Waals surface area contributed by atoms with E-state index in [0.29, 0.717) is 19.4 Å². The van der Waals surface area contributed by atoms with Gasteiger partial charge in [-0.15, -0.1) is 0 Å². The molecule has 3 fully saturated rings. The maximum Gasteiger partial charge on any atom is 0.223 e. The molecule has 0 aromatic carbocycles. The molecule has 0 aromatic rings. The van der Waals surface area contributed by atoms with Gasteiger partial charge in [0.1, 0.15) is 0 Å². The summed E-state index contributed by atoms with van der Waals surface area (Å²) < 4.78 is 0. The van der Waals surface area contributed by atoms with Crippen LogP contribution < -0.4 is 0 Å². The molecule has 1 atom stereocenters. The molecule has 1 unspecified atom stereocenters. The van der Waals surface area contributed by atoms with Crippen LogP contribution in [-0.2, 0) is 9.59 Å². The first kappa shape index (κ1) is 12.3. The van der Waals surface area contributed by atoms with E-state index in [1.807, 2.05) is 9.80 Å². The Kier molecular flexibility index (Phi) is 3.04. The minimum Gasteiger partial charge on any atom is -0.339 e. The lowest BCUT2D eigenvalue weighted by molar-refractivity contribution is -0.139. The third kappa shape index (κ3) is 2.13. The van der Waals surface area contributed by atoms with Crippen molar-refractivity contribution in [2.24, 2.45) is 5.41 Å². The second-order valence-electron chi connectivity index (χ2n) is 5.95. The molecule has 0 aromatic heterocycles. The van der Waals surface area contributed by atoms with Crippen LogP contribution in [-0.4, -0.2) is 53.0 Å². The fourth-order valence-electron chi connectivity index (χ4n) is 3.09. The number of fused-ring (bicyclic) bond motifs is 1. The molecule has 4 nitrogen and oxygen atoms in total. The summed E-state index contributed by atoms with van der Waals surface area (Å²) in [5.41, 5.74) is 0.197. The van der Waals surface area contributed by atoms with E-state index in [4.69, 9.17) is 0 Å². The number of hydrogen-bond donors (Lipinski definition) is 1. The quantitative estimate of drug-likeness (QED) is 0.773. The van der Waals surface area contributed by atoms with Gasteiger partial charge in [-0.3, -0.25) is 9.59 Å². The molecule has 1 aliphatic carbocycles. The Hall–Kier alpha value is -0.710. The molecule has 2 aliphatic heterocycles. The van der Waals surface area contributed by atoms with Crippen LogP contribution in [0.15, 0.2) is 0 Å². The lowest BCUT2D eigenvalue weighted by Crippen LogP contribution is -2.53. The summed E-state index contributed by atoms with van der Waals surface area (Å²) in [5.74, 6) is 1.35. The molecule has 2 heterocycles. The smallest absolute Gasteiger partial charge is 0.223 e. The van der Waals surface area contributed by atoms with E-state index in [1.54, 1.807) is 0 Å². The first-order valence-electron chi connectivity index (χ1n) is 6.82. The minimum atomic E-state index is 0.197. The average Bonchev–Trinajstić information content (AvgIpc) is 3.06. The third-order valence-corrected chi connectivity index (χ3v) is 5.34. The Labute approximate surface area is 113 Å². The molecule has 0 radical (unpaired) electrons. The van der Waals surface area contributed by atoms with Crippen molar-refractivity contribution in [1.29, 1.82) is 0 Å². The van der Waals surface area contributed by atoms with Gasteiger partial charge in [0, 0.05) is 38.5 Å². The topological polar surface area (TPSA) is 40.6 Å². The molecule has 100 valence electrons. The van der Waals surface area contributed by atoms with Gasteiger partial charge in [0.2, 0.25) is 11.8 Å². The zero-order valence-corrected chi connectivity index (χ0v) is 11.5. The summed E-state index contributed by atoms with van der Waals surface area (Å²) in [4.78, 5) is 27.8. The number of carbonyl (C=O) groups is 2. The fourth-order valence-corrected chi connectivity index (χ4v) is 3.52. The summed E-state index contributed by atoms with van der Waals surface area (Å²) in [5, 5.41) is 0. The van der Waals surface area contributed by atoms with E-state index in [0.717, 1.165) is 38.1 Å². The van der Waals surface area contributed by atoms with Gasteiger partial charge in [0.25, 0.3) is 0 Å². The Morgan fingerprint density at radius 2 is 2.17 bits per heavy atom. The van der Waals surface area contributed by atoms with Crippen molar-refractivity contribution in [3.63, 3.8) is 0 Å². The molecule has 5 heteroatoms. The van der Waals surface area contributed by atoms with Crippen LogP contribution in [0.2, 0.25) is 0 Å². The van der Waals surface area contributed by atoms with Crippen LogP contribution in [0.4, 0.5) is 0 Å². The van der Waals surface area contributed by atoms with E-state index in [1.165, 1.54) is 0 Å². The van der Waals surface area contributed by atoms with Gasteiger partial charge < -0.3 is 9.80 Å². The minimum absolute atomic E-state index is 0.197. The highest BCUT2D eigenvalue weighted by atomic mass is 32.1. The van der Waals surface area contributed by atoms with Gasteiger partial charge in [-0.2, -0.15) is 12.6 Å². The lowest BCUT2D eigenvalue weighted by Gasteiger charge is -2.38. The third-order valence-electron chi connectivity index (χ3n) is 4.67. The number of rotatable bonds is 3. The summed E-state index contributed by atoms with van der Waals surface area (Å²) in [6.45, 7) is 2.18. The van der Waals surface area contributed by atoms with Crippen molar-refractivity contribution < 1.29 is 9.59 Å². The molecule has 0 N–H and O–H groups in total. The van der Waals surface area contributed by atoms with Crippen LogP contribution in [0.3, 0.4) is 0 Å². The Bertz CT molecular complexity index is 381. The van der Waals surface area contributed by atoms with E-state index in [-0.39, 0.29) is 23.3 Å². The van der Waals surface area contributed by atoms with Crippen LogP contribution in [0.25, 0.3) is 0 Å². The first-order valence-corrected chi connectivity index (χ1v) is 7.45. The van der Waals surface area contributed by atoms with Crippen molar-refractivity contribution in [2.45, 2.75) is 38.1 Å². The standard InChI is InChI=1S/C13H20N2O2S/c16-11-2-1-10-8-14(5-6-15(10)11)12(17)7-13(9-18)3-4-13/h10,18H,1-9H2. The maximum absolute atomic E-state index is 12.3. The van der Waals surface area contributed by atoms with Gasteiger partial charge in [-0.25, -0.2) is 0 Å². The van der Waals surface area contributed by atoms with Crippen LogP contribution in [0.5, 0.6) is 0 Å². The number of thiol groups is 1.